The van der Waals surface area contributed by atoms with Crippen LogP contribution in [-0.4, -0.2) is 19.7 Å². The van der Waals surface area contributed by atoms with Gasteiger partial charge in [0.25, 0.3) is 0 Å². The minimum atomic E-state index is 0.650. The van der Waals surface area contributed by atoms with E-state index in [0.29, 0.717) is 6.04 Å². The third-order valence-electron chi connectivity index (χ3n) is 4.26. The van der Waals surface area contributed by atoms with Crippen molar-refractivity contribution in [2.24, 2.45) is 5.92 Å². The molecule has 1 aromatic rings. The molecule has 0 heterocycles. The van der Waals surface area contributed by atoms with Crippen molar-refractivity contribution in [3.8, 4) is 5.75 Å². The molecule has 0 saturated heterocycles. The lowest BCUT2D eigenvalue weighted by atomic mass is 9.87. The first-order chi connectivity index (χ1) is 10.2. The van der Waals surface area contributed by atoms with Crippen LogP contribution in [-0.2, 0) is 6.42 Å². The highest BCUT2D eigenvalue weighted by atomic mass is 16.5. The van der Waals surface area contributed by atoms with Gasteiger partial charge in [-0.15, -0.1) is 0 Å². The maximum Gasteiger partial charge on any atom is 0.118 e. The number of rotatable bonds is 11. The first kappa shape index (κ1) is 18.0. The van der Waals surface area contributed by atoms with E-state index in [0.717, 1.165) is 24.6 Å². The van der Waals surface area contributed by atoms with Crippen molar-refractivity contribution in [3.05, 3.63) is 29.8 Å². The van der Waals surface area contributed by atoms with Gasteiger partial charge in [0.05, 0.1) is 7.11 Å². The lowest BCUT2D eigenvalue weighted by Crippen LogP contribution is -2.36. The zero-order chi connectivity index (χ0) is 15.5. The van der Waals surface area contributed by atoms with E-state index in [-0.39, 0.29) is 0 Å². The van der Waals surface area contributed by atoms with Gasteiger partial charge in [-0.2, -0.15) is 0 Å². The van der Waals surface area contributed by atoms with Crippen molar-refractivity contribution in [2.75, 3.05) is 13.7 Å². The van der Waals surface area contributed by atoms with E-state index in [2.05, 4.69) is 50.4 Å². The molecule has 0 bridgehead atoms. The molecule has 0 radical (unpaired) electrons. The average Bonchev–Trinajstić information content (AvgIpc) is 2.52. The lowest BCUT2D eigenvalue weighted by molar-refractivity contribution is 0.300. The summed E-state index contributed by atoms with van der Waals surface area (Å²) in [5.74, 6) is 1.76. The first-order valence-corrected chi connectivity index (χ1v) is 8.61. The second-order valence-corrected chi connectivity index (χ2v) is 5.89. The number of methoxy groups -OCH3 is 1. The Balaban J connectivity index is 2.58. The highest BCUT2D eigenvalue weighted by molar-refractivity contribution is 5.27. The molecule has 0 aliphatic carbocycles. The molecule has 2 heteroatoms. The summed E-state index contributed by atoms with van der Waals surface area (Å²) in [5.41, 5.74) is 1.41. The standard InChI is InChI=1S/C19H33NO/c1-5-8-17(9-6-2)19(20-7-3)15-12-16-10-13-18(21-4)14-11-16/h10-11,13-14,17,19-20H,5-9,12,15H2,1-4H3. The second kappa shape index (κ2) is 10.7. The molecule has 120 valence electrons. The maximum absolute atomic E-state index is 5.22. The third-order valence-corrected chi connectivity index (χ3v) is 4.26. The van der Waals surface area contributed by atoms with Gasteiger partial charge in [0.15, 0.2) is 0 Å². The minimum absolute atomic E-state index is 0.650. The van der Waals surface area contributed by atoms with Crippen LogP contribution in [0.25, 0.3) is 0 Å². The SMILES string of the molecule is CCCC(CCC)C(CCc1ccc(OC)cc1)NCC. The van der Waals surface area contributed by atoms with E-state index in [1.807, 2.05) is 0 Å². The Hall–Kier alpha value is -1.02. The van der Waals surface area contributed by atoms with E-state index >= 15 is 0 Å². The van der Waals surface area contributed by atoms with Gasteiger partial charge in [0.1, 0.15) is 5.75 Å². The van der Waals surface area contributed by atoms with Gasteiger partial charge in [-0.1, -0.05) is 45.7 Å². The fourth-order valence-electron chi connectivity index (χ4n) is 3.17. The molecule has 1 rings (SSSR count). The number of ether oxygens (including phenoxy) is 1. The molecular weight excluding hydrogens is 258 g/mol. The molecule has 0 aromatic heterocycles. The molecule has 0 saturated carbocycles. The Morgan fingerprint density at radius 1 is 0.952 bits per heavy atom. The summed E-state index contributed by atoms with van der Waals surface area (Å²) < 4.78 is 5.22. The summed E-state index contributed by atoms with van der Waals surface area (Å²) in [7, 11) is 1.72. The minimum Gasteiger partial charge on any atom is -0.497 e. The monoisotopic (exact) mass is 291 g/mol. The van der Waals surface area contributed by atoms with Crippen molar-refractivity contribution in [1.29, 1.82) is 0 Å². The zero-order valence-electron chi connectivity index (χ0n) is 14.3. The summed E-state index contributed by atoms with van der Waals surface area (Å²) in [4.78, 5) is 0. The second-order valence-electron chi connectivity index (χ2n) is 5.89. The normalized spacial score (nSPS) is 12.6. The van der Waals surface area contributed by atoms with Gasteiger partial charge in [0, 0.05) is 6.04 Å². The van der Waals surface area contributed by atoms with Crippen molar-refractivity contribution in [2.45, 2.75) is 65.3 Å². The van der Waals surface area contributed by atoms with E-state index in [1.54, 1.807) is 7.11 Å². The van der Waals surface area contributed by atoms with Crippen LogP contribution in [0.4, 0.5) is 0 Å². The molecule has 0 spiro atoms. The fraction of sp³-hybridized carbons (Fsp3) is 0.684. The summed E-state index contributed by atoms with van der Waals surface area (Å²) in [6, 6.07) is 9.16. The molecule has 1 aromatic carbocycles. The maximum atomic E-state index is 5.22. The molecule has 1 N–H and O–H groups in total. The summed E-state index contributed by atoms with van der Waals surface area (Å²) in [6.45, 7) is 7.89. The molecule has 1 atom stereocenters. The zero-order valence-corrected chi connectivity index (χ0v) is 14.3. The van der Waals surface area contributed by atoms with Crippen LogP contribution in [0.15, 0.2) is 24.3 Å². The van der Waals surface area contributed by atoms with Gasteiger partial charge >= 0.3 is 0 Å². The molecule has 2 nitrogen and oxygen atoms in total. The van der Waals surface area contributed by atoms with Crippen molar-refractivity contribution >= 4 is 0 Å². The highest BCUT2D eigenvalue weighted by Gasteiger charge is 2.19. The Bertz CT molecular complexity index is 354. The molecule has 0 aliphatic rings. The van der Waals surface area contributed by atoms with Gasteiger partial charge in [-0.3, -0.25) is 0 Å². The Labute approximate surface area is 131 Å². The first-order valence-electron chi connectivity index (χ1n) is 8.61. The van der Waals surface area contributed by atoms with Crippen LogP contribution in [0, 0.1) is 5.92 Å². The van der Waals surface area contributed by atoms with Gasteiger partial charge in [-0.25, -0.2) is 0 Å². The van der Waals surface area contributed by atoms with Crippen LogP contribution in [0.2, 0.25) is 0 Å². The number of aryl methyl sites for hydroxylation is 1. The predicted octanol–water partition coefficient (Wildman–Crippen LogP) is 4.82. The summed E-state index contributed by atoms with van der Waals surface area (Å²) >= 11 is 0. The Morgan fingerprint density at radius 2 is 1.57 bits per heavy atom. The van der Waals surface area contributed by atoms with E-state index < -0.39 is 0 Å². The van der Waals surface area contributed by atoms with E-state index in [1.165, 1.54) is 37.7 Å². The molecule has 0 fully saturated rings. The fourth-order valence-corrected chi connectivity index (χ4v) is 3.17. The van der Waals surface area contributed by atoms with Crippen LogP contribution in [0.1, 0.15) is 58.4 Å². The summed E-state index contributed by atoms with van der Waals surface area (Å²) in [5, 5.41) is 3.72. The van der Waals surface area contributed by atoms with Crippen LogP contribution in [0.3, 0.4) is 0 Å². The quantitative estimate of drug-likeness (QED) is 0.631. The Morgan fingerprint density at radius 3 is 2.05 bits per heavy atom. The smallest absolute Gasteiger partial charge is 0.118 e. The van der Waals surface area contributed by atoms with Gasteiger partial charge in [0.2, 0.25) is 0 Å². The largest absolute Gasteiger partial charge is 0.497 e. The lowest BCUT2D eigenvalue weighted by Gasteiger charge is -2.28. The molecule has 0 aliphatic heterocycles. The third kappa shape index (κ3) is 6.52. The van der Waals surface area contributed by atoms with E-state index in [4.69, 9.17) is 4.74 Å². The number of benzene rings is 1. The number of hydrogen-bond acceptors (Lipinski definition) is 2. The van der Waals surface area contributed by atoms with Gasteiger partial charge in [-0.05, 0) is 55.8 Å². The summed E-state index contributed by atoms with van der Waals surface area (Å²) in [6.07, 6.45) is 7.63. The molecule has 1 unspecified atom stereocenters. The highest BCUT2D eigenvalue weighted by Crippen LogP contribution is 2.22. The van der Waals surface area contributed by atoms with Crippen LogP contribution >= 0.6 is 0 Å². The molecular formula is C19H33NO. The number of hydrogen-bond donors (Lipinski definition) is 1. The van der Waals surface area contributed by atoms with Crippen LogP contribution < -0.4 is 10.1 Å². The van der Waals surface area contributed by atoms with Crippen molar-refractivity contribution < 1.29 is 4.74 Å². The average molecular weight is 291 g/mol. The Kier molecular flexibility index (Phi) is 9.16. The molecule has 21 heavy (non-hydrogen) atoms. The van der Waals surface area contributed by atoms with Crippen LogP contribution in [0.5, 0.6) is 5.75 Å². The van der Waals surface area contributed by atoms with Gasteiger partial charge < -0.3 is 10.1 Å². The topological polar surface area (TPSA) is 21.3 Å². The predicted molar refractivity (Wildman–Crippen MR) is 92.1 cm³/mol. The molecule has 0 amide bonds. The van der Waals surface area contributed by atoms with Crippen molar-refractivity contribution in [3.63, 3.8) is 0 Å². The number of nitrogens with one attached hydrogen (secondary N) is 1. The van der Waals surface area contributed by atoms with Crippen molar-refractivity contribution in [1.82, 2.24) is 5.32 Å². The van der Waals surface area contributed by atoms with E-state index in [9.17, 15) is 0 Å².